The van der Waals surface area contributed by atoms with Gasteiger partial charge in [0.15, 0.2) is 0 Å². The molecule has 0 aliphatic carbocycles. The third-order valence-electron chi connectivity index (χ3n) is 3.09. The van der Waals surface area contributed by atoms with E-state index in [1.807, 2.05) is 30.3 Å². The highest BCUT2D eigenvalue weighted by atomic mass is 16.5. The molecule has 0 fully saturated rings. The lowest BCUT2D eigenvalue weighted by Gasteiger charge is -2.06. The summed E-state index contributed by atoms with van der Waals surface area (Å²) in [5, 5.41) is 11.8. The first-order valence-corrected chi connectivity index (χ1v) is 7.07. The van der Waals surface area contributed by atoms with Crippen LogP contribution in [0, 0.1) is 11.3 Å². The van der Waals surface area contributed by atoms with Crippen molar-refractivity contribution >= 4 is 12.0 Å². The molecule has 1 aromatic carbocycles. The van der Waals surface area contributed by atoms with Gasteiger partial charge in [-0.2, -0.15) is 5.26 Å². The maximum Gasteiger partial charge on any atom is 0.261 e. The van der Waals surface area contributed by atoms with E-state index in [2.05, 4.69) is 19.2 Å². The van der Waals surface area contributed by atoms with Crippen molar-refractivity contribution < 1.29 is 9.53 Å². The van der Waals surface area contributed by atoms with Gasteiger partial charge in [0.2, 0.25) is 0 Å². The summed E-state index contributed by atoms with van der Waals surface area (Å²) < 4.78 is 4.91. The van der Waals surface area contributed by atoms with Crippen molar-refractivity contribution in [2.24, 2.45) is 0 Å². The molecule has 0 heterocycles. The molecule has 0 radical (unpaired) electrons. The molecule has 0 spiro atoms. The Kier molecular flexibility index (Phi) is 7.20. The Morgan fingerprint density at radius 3 is 2.57 bits per heavy atom. The molecule has 0 aliphatic rings. The Morgan fingerprint density at radius 2 is 2.05 bits per heavy atom. The molecule has 1 rings (SSSR count). The van der Waals surface area contributed by atoms with E-state index in [-0.39, 0.29) is 11.5 Å². The topological polar surface area (TPSA) is 62.1 Å². The van der Waals surface area contributed by atoms with Crippen molar-refractivity contribution in [1.29, 1.82) is 5.26 Å². The van der Waals surface area contributed by atoms with Crippen molar-refractivity contribution in [3.63, 3.8) is 0 Å². The highest BCUT2D eigenvalue weighted by Gasteiger charge is 2.08. The fourth-order valence-corrected chi connectivity index (χ4v) is 1.81. The molecule has 1 N–H and O–H groups in total. The van der Waals surface area contributed by atoms with Gasteiger partial charge in [0.1, 0.15) is 11.6 Å². The highest BCUT2D eigenvalue weighted by molar-refractivity contribution is 6.01. The second-order valence-corrected chi connectivity index (χ2v) is 5.09. The molecular weight excluding hydrogens is 264 g/mol. The standard InChI is InChI=1S/C17H22N2O2/c1-13(2)15-7-5-14(6-8-15)11-16(12-18)17(20)19-9-4-10-21-3/h5-8,11,13H,4,9-10H2,1-3H3,(H,19,20)/b16-11+. The molecule has 1 aromatic rings. The van der Waals surface area contributed by atoms with Gasteiger partial charge in [-0.05, 0) is 29.5 Å². The summed E-state index contributed by atoms with van der Waals surface area (Å²) in [6.07, 6.45) is 2.33. The number of nitrogens with zero attached hydrogens (tertiary/aromatic N) is 1. The molecule has 0 aliphatic heterocycles. The van der Waals surface area contributed by atoms with E-state index >= 15 is 0 Å². The molecule has 4 heteroatoms. The van der Waals surface area contributed by atoms with Gasteiger partial charge in [0.05, 0.1) is 0 Å². The van der Waals surface area contributed by atoms with Crippen molar-refractivity contribution in [2.45, 2.75) is 26.2 Å². The Morgan fingerprint density at radius 1 is 1.38 bits per heavy atom. The average Bonchev–Trinajstić information content (AvgIpc) is 2.49. The fourth-order valence-electron chi connectivity index (χ4n) is 1.81. The number of nitrogens with one attached hydrogen (secondary N) is 1. The van der Waals surface area contributed by atoms with Crippen LogP contribution in [0.25, 0.3) is 6.08 Å². The van der Waals surface area contributed by atoms with E-state index in [9.17, 15) is 4.79 Å². The molecule has 0 saturated carbocycles. The summed E-state index contributed by atoms with van der Waals surface area (Å²) >= 11 is 0. The number of methoxy groups -OCH3 is 1. The van der Waals surface area contributed by atoms with E-state index in [1.165, 1.54) is 5.56 Å². The largest absolute Gasteiger partial charge is 0.385 e. The average molecular weight is 286 g/mol. The Bertz CT molecular complexity index is 525. The molecular formula is C17H22N2O2. The third kappa shape index (κ3) is 5.80. The van der Waals surface area contributed by atoms with Crippen LogP contribution in [0.4, 0.5) is 0 Å². The van der Waals surface area contributed by atoms with Crippen LogP contribution >= 0.6 is 0 Å². The van der Waals surface area contributed by atoms with Gasteiger partial charge in [0.25, 0.3) is 5.91 Å². The van der Waals surface area contributed by atoms with Gasteiger partial charge in [-0.3, -0.25) is 4.79 Å². The van der Waals surface area contributed by atoms with Gasteiger partial charge in [-0.25, -0.2) is 0 Å². The maximum atomic E-state index is 11.9. The second-order valence-electron chi connectivity index (χ2n) is 5.09. The molecule has 0 aromatic heterocycles. The lowest BCUT2D eigenvalue weighted by molar-refractivity contribution is -0.117. The van der Waals surface area contributed by atoms with Gasteiger partial charge >= 0.3 is 0 Å². The SMILES string of the molecule is COCCCNC(=O)/C(C#N)=C/c1ccc(C(C)C)cc1. The van der Waals surface area contributed by atoms with Crippen molar-refractivity contribution in [1.82, 2.24) is 5.32 Å². The number of hydrogen-bond donors (Lipinski definition) is 1. The minimum atomic E-state index is -0.346. The summed E-state index contributed by atoms with van der Waals surface area (Å²) in [5.74, 6) is 0.115. The summed E-state index contributed by atoms with van der Waals surface area (Å²) in [5.41, 5.74) is 2.20. The highest BCUT2D eigenvalue weighted by Crippen LogP contribution is 2.16. The summed E-state index contributed by atoms with van der Waals surface area (Å²) in [4.78, 5) is 11.9. The number of benzene rings is 1. The first kappa shape index (κ1) is 16.9. The number of nitriles is 1. The van der Waals surface area contributed by atoms with Crippen LogP contribution < -0.4 is 5.32 Å². The van der Waals surface area contributed by atoms with E-state index in [1.54, 1.807) is 13.2 Å². The zero-order valence-corrected chi connectivity index (χ0v) is 12.8. The van der Waals surface area contributed by atoms with E-state index in [0.717, 1.165) is 12.0 Å². The predicted octanol–water partition coefficient (Wildman–Crippen LogP) is 2.87. The third-order valence-corrected chi connectivity index (χ3v) is 3.09. The van der Waals surface area contributed by atoms with Gasteiger partial charge in [-0.15, -0.1) is 0 Å². The number of rotatable bonds is 7. The van der Waals surface area contributed by atoms with Crippen molar-refractivity contribution in [2.75, 3.05) is 20.3 Å². The number of carbonyl (C=O) groups excluding carboxylic acids is 1. The van der Waals surface area contributed by atoms with Crippen LogP contribution in [0.2, 0.25) is 0 Å². The monoisotopic (exact) mass is 286 g/mol. The summed E-state index contributed by atoms with van der Waals surface area (Å²) in [6, 6.07) is 9.82. The van der Waals surface area contributed by atoms with Crippen LogP contribution in [0.3, 0.4) is 0 Å². The summed E-state index contributed by atoms with van der Waals surface area (Å²) in [6.45, 7) is 5.33. The quantitative estimate of drug-likeness (QED) is 0.476. The van der Waals surface area contributed by atoms with Gasteiger partial charge in [-0.1, -0.05) is 38.1 Å². The summed E-state index contributed by atoms with van der Waals surface area (Å²) in [7, 11) is 1.61. The van der Waals surface area contributed by atoms with Crippen LogP contribution in [-0.4, -0.2) is 26.2 Å². The molecule has 4 nitrogen and oxygen atoms in total. The van der Waals surface area contributed by atoms with Crippen molar-refractivity contribution in [3.8, 4) is 6.07 Å². The Labute approximate surface area is 126 Å². The zero-order chi connectivity index (χ0) is 15.7. The van der Waals surface area contributed by atoms with Crippen molar-refractivity contribution in [3.05, 3.63) is 41.0 Å². The predicted molar refractivity (Wildman–Crippen MR) is 83.6 cm³/mol. The van der Waals surface area contributed by atoms with Crippen LogP contribution in [-0.2, 0) is 9.53 Å². The number of amides is 1. The molecule has 0 bridgehead atoms. The minimum absolute atomic E-state index is 0.115. The Hall–Kier alpha value is -2.12. The smallest absolute Gasteiger partial charge is 0.261 e. The number of carbonyl (C=O) groups is 1. The lowest BCUT2D eigenvalue weighted by atomic mass is 10.0. The first-order valence-electron chi connectivity index (χ1n) is 7.07. The van der Waals surface area contributed by atoms with Gasteiger partial charge < -0.3 is 10.1 Å². The van der Waals surface area contributed by atoms with Crippen LogP contribution in [0.1, 0.15) is 37.3 Å². The molecule has 0 atom stereocenters. The van der Waals surface area contributed by atoms with Crippen LogP contribution in [0.5, 0.6) is 0 Å². The van der Waals surface area contributed by atoms with Gasteiger partial charge in [0, 0.05) is 20.3 Å². The zero-order valence-electron chi connectivity index (χ0n) is 12.8. The number of hydrogen-bond acceptors (Lipinski definition) is 3. The molecule has 112 valence electrons. The Balaban J connectivity index is 2.70. The fraction of sp³-hybridized carbons (Fsp3) is 0.412. The van der Waals surface area contributed by atoms with E-state index < -0.39 is 0 Å². The maximum absolute atomic E-state index is 11.9. The lowest BCUT2D eigenvalue weighted by Crippen LogP contribution is -2.26. The number of ether oxygens (including phenoxy) is 1. The van der Waals surface area contributed by atoms with E-state index in [4.69, 9.17) is 10.00 Å². The molecule has 21 heavy (non-hydrogen) atoms. The molecule has 0 unspecified atom stereocenters. The second kappa shape index (κ2) is 8.93. The minimum Gasteiger partial charge on any atom is -0.385 e. The normalized spacial score (nSPS) is 11.3. The molecule has 1 amide bonds. The van der Waals surface area contributed by atoms with E-state index in [0.29, 0.717) is 19.1 Å². The molecule has 0 saturated heterocycles. The first-order chi connectivity index (χ1) is 10.1. The van der Waals surface area contributed by atoms with Crippen LogP contribution in [0.15, 0.2) is 29.8 Å².